The zero-order valence-corrected chi connectivity index (χ0v) is 12.3. The largest absolute Gasteiger partial charge is 0.457 e. The average molecular weight is 312 g/mol. The van der Waals surface area contributed by atoms with E-state index in [9.17, 15) is 9.59 Å². The van der Waals surface area contributed by atoms with E-state index in [-0.39, 0.29) is 25.0 Å². The van der Waals surface area contributed by atoms with Crippen molar-refractivity contribution in [2.75, 3.05) is 18.5 Å². The molecule has 1 heterocycles. The quantitative estimate of drug-likeness (QED) is 0.904. The number of para-hydroxylation sites is 1. The molecule has 0 bridgehead atoms. The number of rotatable bonds is 4. The number of anilines is 1. The molecule has 0 aromatic heterocycles. The van der Waals surface area contributed by atoms with Gasteiger partial charge in [0, 0.05) is 5.69 Å². The summed E-state index contributed by atoms with van der Waals surface area (Å²) in [5, 5.41) is 5.31. The molecule has 3 rings (SSSR count). The van der Waals surface area contributed by atoms with E-state index in [0.717, 1.165) is 5.75 Å². The monoisotopic (exact) mass is 312 g/mol. The highest BCUT2D eigenvalue weighted by Crippen LogP contribution is 2.22. The van der Waals surface area contributed by atoms with Crippen molar-refractivity contribution >= 4 is 17.5 Å². The van der Waals surface area contributed by atoms with E-state index < -0.39 is 6.04 Å². The van der Waals surface area contributed by atoms with E-state index in [2.05, 4.69) is 10.6 Å². The molecule has 1 atom stereocenters. The lowest BCUT2D eigenvalue weighted by atomic mass is 10.2. The molecule has 1 saturated heterocycles. The minimum atomic E-state index is -0.670. The number of benzene rings is 2. The first kappa shape index (κ1) is 15.1. The van der Waals surface area contributed by atoms with Crippen molar-refractivity contribution in [2.24, 2.45) is 0 Å². The smallest absolute Gasteiger partial charge is 0.249 e. The number of hydrogen-bond donors (Lipinski definition) is 2. The van der Waals surface area contributed by atoms with Crippen LogP contribution in [-0.4, -0.2) is 31.1 Å². The van der Waals surface area contributed by atoms with Crippen LogP contribution in [0.1, 0.15) is 0 Å². The fourth-order valence-corrected chi connectivity index (χ4v) is 2.15. The van der Waals surface area contributed by atoms with Crippen LogP contribution < -0.4 is 15.4 Å². The van der Waals surface area contributed by atoms with Crippen molar-refractivity contribution in [3.05, 3.63) is 54.6 Å². The Hall–Kier alpha value is -2.86. The van der Waals surface area contributed by atoms with E-state index >= 15 is 0 Å². The van der Waals surface area contributed by atoms with Gasteiger partial charge in [-0.15, -0.1) is 0 Å². The summed E-state index contributed by atoms with van der Waals surface area (Å²) in [5.41, 5.74) is 0.621. The number of ether oxygens (including phenoxy) is 2. The molecular formula is C17H16N2O4. The summed E-state index contributed by atoms with van der Waals surface area (Å²) in [7, 11) is 0. The van der Waals surface area contributed by atoms with Crippen LogP contribution in [0, 0.1) is 0 Å². The lowest BCUT2D eigenvalue weighted by Gasteiger charge is -2.22. The molecule has 2 aromatic carbocycles. The van der Waals surface area contributed by atoms with Gasteiger partial charge in [0.05, 0.1) is 6.61 Å². The molecule has 0 aliphatic carbocycles. The molecule has 2 aromatic rings. The third-order valence-electron chi connectivity index (χ3n) is 3.27. The summed E-state index contributed by atoms with van der Waals surface area (Å²) in [6.07, 6.45) is 0. The minimum absolute atomic E-state index is 0.00466. The van der Waals surface area contributed by atoms with Gasteiger partial charge >= 0.3 is 0 Å². The number of amides is 2. The van der Waals surface area contributed by atoms with Crippen molar-refractivity contribution in [1.29, 1.82) is 0 Å². The van der Waals surface area contributed by atoms with E-state index in [1.807, 2.05) is 30.3 Å². The summed E-state index contributed by atoms with van der Waals surface area (Å²) in [4.78, 5) is 23.3. The zero-order chi connectivity index (χ0) is 16.1. The van der Waals surface area contributed by atoms with E-state index in [0.29, 0.717) is 11.4 Å². The van der Waals surface area contributed by atoms with E-state index in [1.165, 1.54) is 0 Å². The van der Waals surface area contributed by atoms with Crippen LogP contribution >= 0.6 is 0 Å². The maximum atomic E-state index is 12.1. The Morgan fingerprint density at radius 2 is 1.78 bits per heavy atom. The number of hydrogen-bond acceptors (Lipinski definition) is 4. The summed E-state index contributed by atoms with van der Waals surface area (Å²) in [6.45, 7) is 0.169. The highest BCUT2D eigenvalue weighted by molar-refractivity contribution is 5.97. The van der Waals surface area contributed by atoms with Gasteiger partial charge < -0.3 is 20.1 Å². The van der Waals surface area contributed by atoms with Crippen LogP contribution in [-0.2, 0) is 14.3 Å². The van der Waals surface area contributed by atoms with Crippen LogP contribution in [0.25, 0.3) is 0 Å². The summed E-state index contributed by atoms with van der Waals surface area (Å²) in [5.74, 6) is 0.813. The van der Waals surface area contributed by atoms with Crippen LogP contribution in [0.3, 0.4) is 0 Å². The maximum absolute atomic E-state index is 12.1. The molecule has 1 unspecified atom stereocenters. The molecule has 6 heteroatoms. The van der Waals surface area contributed by atoms with Gasteiger partial charge in [-0.3, -0.25) is 9.59 Å². The van der Waals surface area contributed by atoms with Crippen LogP contribution in [0.15, 0.2) is 54.6 Å². The number of carbonyl (C=O) groups is 2. The van der Waals surface area contributed by atoms with Crippen molar-refractivity contribution in [3.63, 3.8) is 0 Å². The van der Waals surface area contributed by atoms with Crippen LogP contribution in [0.4, 0.5) is 5.69 Å². The second kappa shape index (κ2) is 6.93. The molecule has 0 radical (unpaired) electrons. The number of carbonyl (C=O) groups excluding carboxylic acids is 2. The Morgan fingerprint density at radius 3 is 2.48 bits per heavy atom. The fourth-order valence-electron chi connectivity index (χ4n) is 2.15. The molecule has 1 aliphatic rings. The van der Waals surface area contributed by atoms with Gasteiger partial charge in [-0.05, 0) is 36.4 Å². The highest BCUT2D eigenvalue weighted by atomic mass is 16.5. The molecular weight excluding hydrogens is 296 g/mol. The highest BCUT2D eigenvalue weighted by Gasteiger charge is 2.25. The van der Waals surface area contributed by atoms with Gasteiger partial charge in [0.1, 0.15) is 24.1 Å². The van der Waals surface area contributed by atoms with Crippen molar-refractivity contribution < 1.29 is 19.1 Å². The summed E-state index contributed by atoms with van der Waals surface area (Å²) in [6, 6.07) is 15.8. The van der Waals surface area contributed by atoms with Gasteiger partial charge in [-0.2, -0.15) is 0 Å². The molecule has 1 aliphatic heterocycles. The first-order valence-corrected chi connectivity index (χ1v) is 7.22. The molecule has 2 N–H and O–H groups in total. The molecule has 0 saturated carbocycles. The predicted octanol–water partition coefficient (Wildman–Crippen LogP) is 1.93. The average Bonchev–Trinajstić information content (AvgIpc) is 2.57. The third-order valence-corrected chi connectivity index (χ3v) is 3.27. The Kier molecular flexibility index (Phi) is 4.54. The first-order chi connectivity index (χ1) is 11.2. The normalized spacial score (nSPS) is 17.2. The fraction of sp³-hybridized carbons (Fsp3) is 0.176. The molecule has 2 amide bonds. The van der Waals surface area contributed by atoms with Gasteiger partial charge in [0.15, 0.2) is 0 Å². The molecule has 23 heavy (non-hydrogen) atoms. The first-order valence-electron chi connectivity index (χ1n) is 7.22. The zero-order valence-electron chi connectivity index (χ0n) is 12.3. The molecule has 6 nitrogen and oxygen atoms in total. The van der Waals surface area contributed by atoms with Crippen molar-refractivity contribution in [3.8, 4) is 11.5 Å². The predicted molar refractivity (Wildman–Crippen MR) is 84.3 cm³/mol. The number of morpholine rings is 1. The topological polar surface area (TPSA) is 76.7 Å². The number of nitrogens with one attached hydrogen (secondary N) is 2. The lowest BCUT2D eigenvalue weighted by molar-refractivity contribution is -0.136. The van der Waals surface area contributed by atoms with Gasteiger partial charge in [0.25, 0.3) is 0 Å². The van der Waals surface area contributed by atoms with Crippen molar-refractivity contribution in [1.82, 2.24) is 5.32 Å². The molecule has 118 valence electrons. The molecule has 1 fully saturated rings. The van der Waals surface area contributed by atoms with Gasteiger partial charge in [-0.1, -0.05) is 18.2 Å². The Labute approximate surface area is 133 Å². The maximum Gasteiger partial charge on any atom is 0.249 e. The van der Waals surface area contributed by atoms with E-state index in [1.54, 1.807) is 24.3 Å². The van der Waals surface area contributed by atoms with Crippen LogP contribution in [0.2, 0.25) is 0 Å². The SMILES string of the molecule is O=C1COCC(C(=O)Nc2ccc(Oc3ccccc3)cc2)N1. The Bertz CT molecular complexity index is 685. The van der Waals surface area contributed by atoms with Gasteiger partial charge in [0.2, 0.25) is 11.8 Å². The summed E-state index contributed by atoms with van der Waals surface area (Å²) < 4.78 is 10.7. The second-order valence-corrected chi connectivity index (χ2v) is 5.06. The van der Waals surface area contributed by atoms with Crippen LogP contribution in [0.5, 0.6) is 11.5 Å². The lowest BCUT2D eigenvalue weighted by Crippen LogP contribution is -2.51. The third kappa shape index (κ3) is 4.08. The Balaban J connectivity index is 1.59. The van der Waals surface area contributed by atoms with Gasteiger partial charge in [-0.25, -0.2) is 0 Å². The van der Waals surface area contributed by atoms with E-state index in [4.69, 9.17) is 9.47 Å². The summed E-state index contributed by atoms with van der Waals surface area (Å²) >= 11 is 0. The van der Waals surface area contributed by atoms with Crippen molar-refractivity contribution in [2.45, 2.75) is 6.04 Å². The minimum Gasteiger partial charge on any atom is -0.457 e. The molecule has 0 spiro atoms. The second-order valence-electron chi connectivity index (χ2n) is 5.06. The Morgan fingerprint density at radius 1 is 1.09 bits per heavy atom. The standard InChI is InChI=1S/C17H16N2O4/c20-16-11-22-10-15(19-16)17(21)18-12-6-8-14(9-7-12)23-13-4-2-1-3-5-13/h1-9,15H,10-11H2,(H,18,21)(H,19,20).